The number of hydrogen-bond acceptors (Lipinski definition) is 4. The van der Waals surface area contributed by atoms with Crippen molar-refractivity contribution in [1.82, 2.24) is 4.31 Å². The van der Waals surface area contributed by atoms with Crippen LogP contribution in [0.15, 0.2) is 23.1 Å². The van der Waals surface area contributed by atoms with Gasteiger partial charge in [-0.05, 0) is 45.4 Å². The van der Waals surface area contributed by atoms with Crippen molar-refractivity contribution < 1.29 is 17.9 Å². The van der Waals surface area contributed by atoms with E-state index in [4.69, 9.17) is 16.3 Å². The molecule has 0 aliphatic heterocycles. The van der Waals surface area contributed by atoms with Crippen LogP contribution in [0, 0.1) is 6.92 Å². The van der Waals surface area contributed by atoms with Crippen molar-refractivity contribution in [2.24, 2.45) is 0 Å². The molecule has 0 fully saturated rings. The Kier molecular flexibility index (Phi) is 6.19. The van der Waals surface area contributed by atoms with Crippen LogP contribution in [-0.2, 0) is 19.6 Å². The molecule has 0 N–H and O–H groups in total. The summed E-state index contributed by atoms with van der Waals surface area (Å²) >= 11 is 6.04. The van der Waals surface area contributed by atoms with Crippen molar-refractivity contribution in [2.75, 3.05) is 13.2 Å². The van der Waals surface area contributed by atoms with Crippen LogP contribution in [-0.4, -0.2) is 37.9 Å². The van der Waals surface area contributed by atoms with Crippen molar-refractivity contribution in [1.29, 1.82) is 0 Å². The molecule has 0 unspecified atom stereocenters. The zero-order chi connectivity index (χ0) is 16.2. The summed E-state index contributed by atoms with van der Waals surface area (Å²) in [5.41, 5.74) is 0.862. The molecule has 0 spiro atoms. The maximum atomic E-state index is 12.7. The van der Waals surface area contributed by atoms with Crippen LogP contribution >= 0.6 is 11.6 Å². The van der Waals surface area contributed by atoms with Gasteiger partial charge in [0.15, 0.2) is 0 Å². The predicted molar refractivity (Wildman–Crippen MR) is 81.8 cm³/mol. The van der Waals surface area contributed by atoms with Crippen LogP contribution in [0.4, 0.5) is 0 Å². The number of hydrogen-bond donors (Lipinski definition) is 0. The number of esters is 1. The smallest absolute Gasteiger partial charge is 0.321 e. The van der Waals surface area contributed by atoms with E-state index >= 15 is 0 Å². The second-order valence-electron chi connectivity index (χ2n) is 4.88. The zero-order valence-corrected chi connectivity index (χ0v) is 14.2. The highest BCUT2D eigenvalue weighted by atomic mass is 35.5. The molecular formula is C14H20ClNO4S. The Morgan fingerprint density at radius 3 is 2.48 bits per heavy atom. The predicted octanol–water partition coefficient (Wildman–Crippen LogP) is 2.61. The summed E-state index contributed by atoms with van der Waals surface area (Å²) in [7, 11) is -3.86. The molecule has 0 aromatic heterocycles. The highest BCUT2D eigenvalue weighted by Gasteiger charge is 2.31. The molecule has 21 heavy (non-hydrogen) atoms. The largest absolute Gasteiger partial charge is 0.465 e. The van der Waals surface area contributed by atoms with Gasteiger partial charge in [-0.1, -0.05) is 17.7 Å². The molecule has 0 radical (unpaired) electrons. The van der Waals surface area contributed by atoms with Gasteiger partial charge in [0.25, 0.3) is 0 Å². The molecule has 1 rings (SSSR count). The molecule has 1 aromatic carbocycles. The van der Waals surface area contributed by atoms with Gasteiger partial charge in [-0.15, -0.1) is 0 Å². The highest BCUT2D eigenvalue weighted by Crippen LogP contribution is 2.26. The highest BCUT2D eigenvalue weighted by molar-refractivity contribution is 7.89. The van der Waals surface area contributed by atoms with Gasteiger partial charge in [0.05, 0.1) is 11.6 Å². The number of carbonyl (C=O) groups is 1. The van der Waals surface area contributed by atoms with Crippen LogP contribution in [0.25, 0.3) is 0 Å². The van der Waals surface area contributed by atoms with Gasteiger partial charge in [0.2, 0.25) is 10.0 Å². The van der Waals surface area contributed by atoms with E-state index in [1.54, 1.807) is 32.9 Å². The second-order valence-corrected chi connectivity index (χ2v) is 7.15. The number of halogens is 1. The Bertz CT molecular complexity index is 613. The zero-order valence-electron chi connectivity index (χ0n) is 12.6. The molecule has 7 heteroatoms. The summed E-state index contributed by atoms with van der Waals surface area (Å²) in [5, 5.41) is 0.143. The molecule has 0 saturated heterocycles. The SMILES string of the molecule is CCOC(=O)CN(C(C)C)S(=O)(=O)c1ccc(C)cc1Cl. The fourth-order valence-corrected chi connectivity index (χ4v) is 3.98. The van der Waals surface area contributed by atoms with E-state index < -0.39 is 22.0 Å². The van der Waals surface area contributed by atoms with Crippen LogP contribution < -0.4 is 0 Å². The first-order chi connectivity index (χ1) is 9.70. The van der Waals surface area contributed by atoms with Crippen molar-refractivity contribution in [3.63, 3.8) is 0 Å². The number of carbonyl (C=O) groups excluding carboxylic acids is 1. The van der Waals surface area contributed by atoms with Crippen molar-refractivity contribution in [2.45, 2.75) is 38.6 Å². The van der Waals surface area contributed by atoms with Crippen LogP contribution in [0.3, 0.4) is 0 Å². The lowest BCUT2D eigenvalue weighted by atomic mass is 10.2. The van der Waals surface area contributed by atoms with Gasteiger partial charge >= 0.3 is 5.97 Å². The van der Waals surface area contributed by atoms with E-state index in [0.29, 0.717) is 0 Å². The third-order valence-electron chi connectivity index (χ3n) is 2.84. The molecular weight excluding hydrogens is 314 g/mol. The number of sulfonamides is 1. The van der Waals surface area contributed by atoms with E-state index in [1.807, 2.05) is 6.92 Å². The van der Waals surface area contributed by atoms with Crippen molar-refractivity contribution >= 4 is 27.6 Å². The lowest BCUT2D eigenvalue weighted by Crippen LogP contribution is -2.41. The van der Waals surface area contributed by atoms with E-state index in [2.05, 4.69) is 0 Å². The lowest BCUT2D eigenvalue weighted by Gasteiger charge is -2.25. The normalized spacial score (nSPS) is 12.0. The molecule has 0 heterocycles. The monoisotopic (exact) mass is 333 g/mol. The number of nitrogens with zero attached hydrogens (tertiary/aromatic N) is 1. The standard InChI is InChI=1S/C14H20ClNO4S/c1-5-20-14(17)9-16(10(2)3)21(18,19)13-7-6-11(4)8-12(13)15/h6-8,10H,5,9H2,1-4H3. The third-order valence-corrected chi connectivity index (χ3v) is 5.35. The summed E-state index contributed by atoms with van der Waals surface area (Å²) in [4.78, 5) is 11.6. The minimum absolute atomic E-state index is 0.00670. The summed E-state index contributed by atoms with van der Waals surface area (Å²) in [6.45, 7) is 6.75. The van der Waals surface area contributed by atoms with Crippen LogP contribution in [0.2, 0.25) is 5.02 Å². The molecule has 0 amide bonds. The number of rotatable bonds is 6. The Labute approximate surface area is 130 Å². The van der Waals surface area contributed by atoms with Gasteiger partial charge in [-0.3, -0.25) is 4.79 Å². The summed E-state index contributed by atoms with van der Waals surface area (Å²) < 4.78 is 31.3. The van der Waals surface area contributed by atoms with Crippen LogP contribution in [0.1, 0.15) is 26.3 Å². The van der Waals surface area contributed by atoms with E-state index in [-0.39, 0.29) is 23.1 Å². The first-order valence-corrected chi connectivity index (χ1v) is 8.45. The molecule has 0 saturated carbocycles. The second kappa shape index (κ2) is 7.24. The maximum absolute atomic E-state index is 12.7. The number of ether oxygens (including phenoxy) is 1. The first kappa shape index (κ1) is 17.9. The van der Waals surface area contributed by atoms with Gasteiger partial charge in [-0.2, -0.15) is 4.31 Å². The molecule has 0 aliphatic rings. The van der Waals surface area contributed by atoms with Gasteiger partial charge in [-0.25, -0.2) is 8.42 Å². The Morgan fingerprint density at radius 1 is 1.38 bits per heavy atom. The molecule has 1 aromatic rings. The van der Waals surface area contributed by atoms with E-state index in [1.165, 1.54) is 6.07 Å². The molecule has 0 atom stereocenters. The van der Waals surface area contributed by atoms with Crippen LogP contribution in [0.5, 0.6) is 0 Å². The Hall–Kier alpha value is -1.11. The fourth-order valence-electron chi connectivity index (χ4n) is 1.82. The minimum atomic E-state index is -3.86. The lowest BCUT2D eigenvalue weighted by molar-refractivity contribution is -0.143. The molecule has 118 valence electrons. The quantitative estimate of drug-likeness (QED) is 0.751. The first-order valence-electron chi connectivity index (χ1n) is 6.63. The van der Waals surface area contributed by atoms with Gasteiger partial charge in [0, 0.05) is 6.04 Å². The third kappa shape index (κ3) is 4.43. The molecule has 0 aliphatic carbocycles. The fraction of sp³-hybridized carbons (Fsp3) is 0.500. The maximum Gasteiger partial charge on any atom is 0.321 e. The summed E-state index contributed by atoms with van der Waals surface area (Å²) in [6.07, 6.45) is 0. The molecule has 0 bridgehead atoms. The Morgan fingerprint density at radius 2 is 2.00 bits per heavy atom. The minimum Gasteiger partial charge on any atom is -0.465 e. The number of aryl methyl sites for hydroxylation is 1. The average molecular weight is 334 g/mol. The molecule has 5 nitrogen and oxygen atoms in total. The topological polar surface area (TPSA) is 63.7 Å². The van der Waals surface area contributed by atoms with Crippen molar-refractivity contribution in [3.05, 3.63) is 28.8 Å². The van der Waals surface area contributed by atoms with E-state index in [9.17, 15) is 13.2 Å². The Balaban J connectivity index is 3.19. The average Bonchev–Trinajstić information content (AvgIpc) is 2.35. The number of benzene rings is 1. The van der Waals surface area contributed by atoms with Crippen molar-refractivity contribution in [3.8, 4) is 0 Å². The van der Waals surface area contributed by atoms with Gasteiger partial charge < -0.3 is 4.74 Å². The summed E-state index contributed by atoms with van der Waals surface area (Å²) in [6, 6.07) is 4.31. The van der Waals surface area contributed by atoms with Gasteiger partial charge in [0.1, 0.15) is 11.4 Å². The van der Waals surface area contributed by atoms with E-state index in [0.717, 1.165) is 9.87 Å². The summed E-state index contributed by atoms with van der Waals surface area (Å²) in [5.74, 6) is -0.585.